The van der Waals surface area contributed by atoms with Gasteiger partial charge in [-0.15, -0.1) is 0 Å². The Hall–Kier alpha value is -2.85. The van der Waals surface area contributed by atoms with Crippen LogP contribution in [0.5, 0.6) is 0 Å². The Balaban J connectivity index is 1.79. The van der Waals surface area contributed by atoms with Crippen molar-refractivity contribution in [3.05, 3.63) is 65.1 Å². The Morgan fingerprint density at radius 2 is 1.80 bits per heavy atom. The van der Waals surface area contributed by atoms with Crippen molar-refractivity contribution in [2.75, 3.05) is 16.8 Å². The van der Waals surface area contributed by atoms with Crippen molar-refractivity contribution in [3.63, 3.8) is 0 Å². The highest BCUT2D eigenvalue weighted by molar-refractivity contribution is 7.99. The molecule has 156 valence electrons. The molecule has 0 bridgehead atoms. The number of thioether (sulfide) groups is 1. The van der Waals surface area contributed by atoms with Gasteiger partial charge in [-0.2, -0.15) is 13.2 Å². The van der Waals surface area contributed by atoms with E-state index in [9.17, 15) is 22.4 Å². The van der Waals surface area contributed by atoms with E-state index < -0.39 is 23.6 Å². The molecule has 5 nitrogen and oxygen atoms in total. The molecule has 0 saturated heterocycles. The predicted molar refractivity (Wildman–Crippen MR) is 108 cm³/mol. The number of hydrogen-bond acceptors (Lipinski definition) is 5. The van der Waals surface area contributed by atoms with Gasteiger partial charge in [0, 0.05) is 11.3 Å². The number of rotatable bonds is 5. The monoisotopic (exact) mass is 456 g/mol. The summed E-state index contributed by atoms with van der Waals surface area (Å²) in [7, 11) is 0. The number of nitrogens with zero attached hydrogens (tertiary/aromatic N) is 2. The third kappa shape index (κ3) is 5.61. The van der Waals surface area contributed by atoms with Gasteiger partial charge >= 0.3 is 6.18 Å². The third-order valence-electron chi connectivity index (χ3n) is 3.74. The molecule has 0 fully saturated rings. The normalized spacial score (nSPS) is 11.4. The maximum absolute atomic E-state index is 13.2. The molecule has 30 heavy (non-hydrogen) atoms. The van der Waals surface area contributed by atoms with E-state index in [1.54, 1.807) is 6.07 Å². The number of nitrogens with one attached hydrogen (secondary N) is 1. The fourth-order valence-corrected chi connectivity index (χ4v) is 3.25. The Bertz CT molecular complexity index is 1080. The molecule has 0 aliphatic rings. The lowest BCUT2D eigenvalue weighted by molar-refractivity contribution is -0.141. The van der Waals surface area contributed by atoms with E-state index in [0.29, 0.717) is 11.4 Å². The van der Waals surface area contributed by atoms with Gasteiger partial charge < -0.3 is 11.1 Å². The predicted octanol–water partition coefficient (Wildman–Crippen LogP) is 5.27. The van der Waals surface area contributed by atoms with Crippen molar-refractivity contribution in [1.82, 2.24) is 9.97 Å². The minimum Gasteiger partial charge on any atom is -0.399 e. The Labute approximate surface area is 177 Å². The number of amides is 1. The van der Waals surface area contributed by atoms with Gasteiger partial charge in [0.2, 0.25) is 5.91 Å². The van der Waals surface area contributed by atoms with Gasteiger partial charge in [0.15, 0.2) is 5.16 Å². The van der Waals surface area contributed by atoms with Crippen LogP contribution in [0, 0.1) is 5.82 Å². The summed E-state index contributed by atoms with van der Waals surface area (Å²) >= 11 is 6.71. The molecule has 0 unspecified atom stereocenters. The minimum absolute atomic E-state index is 0.0400. The summed E-state index contributed by atoms with van der Waals surface area (Å²) in [6, 6.07) is 10.1. The third-order valence-corrected chi connectivity index (χ3v) is 4.90. The van der Waals surface area contributed by atoms with Crippen LogP contribution in [-0.4, -0.2) is 21.6 Å². The quantitative estimate of drug-likeness (QED) is 0.237. The molecule has 11 heteroatoms. The summed E-state index contributed by atoms with van der Waals surface area (Å²) in [6.45, 7) is 0. The average molecular weight is 457 g/mol. The Morgan fingerprint density at radius 1 is 1.10 bits per heavy atom. The van der Waals surface area contributed by atoms with Crippen molar-refractivity contribution in [2.24, 2.45) is 0 Å². The number of halogens is 5. The van der Waals surface area contributed by atoms with Crippen molar-refractivity contribution >= 4 is 40.6 Å². The molecule has 3 aromatic rings. The molecule has 0 saturated carbocycles. The lowest BCUT2D eigenvalue weighted by Gasteiger charge is -2.11. The van der Waals surface area contributed by atoms with Crippen LogP contribution in [0.25, 0.3) is 11.3 Å². The number of anilines is 2. The van der Waals surface area contributed by atoms with Crippen LogP contribution < -0.4 is 11.1 Å². The molecular weight excluding hydrogens is 444 g/mol. The fourth-order valence-electron chi connectivity index (χ4n) is 2.35. The fraction of sp³-hybridized carbons (Fsp3) is 0.105. The largest absolute Gasteiger partial charge is 0.433 e. The molecular formula is C19H13ClF4N4OS. The molecule has 0 atom stereocenters. The number of nitrogens with two attached hydrogens (primary N) is 1. The van der Waals surface area contributed by atoms with Gasteiger partial charge in [-0.1, -0.05) is 23.4 Å². The van der Waals surface area contributed by atoms with Crippen molar-refractivity contribution in [3.8, 4) is 11.3 Å². The van der Waals surface area contributed by atoms with E-state index in [0.717, 1.165) is 30.0 Å². The molecule has 0 aliphatic heterocycles. The van der Waals surface area contributed by atoms with Gasteiger partial charge in [0.05, 0.1) is 22.2 Å². The maximum atomic E-state index is 13.2. The maximum Gasteiger partial charge on any atom is 0.433 e. The molecule has 3 N–H and O–H groups in total. The number of hydrogen-bond donors (Lipinski definition) is 2. The first-order valence-electron chi connectivity index (χ1n) is 8.32. The SMILES string of the molecule is Nc1ccc(NC(=O)CSc2nc(-c3ccc(F)cc3)cc(C(F)(F)F)n2)c(Cl)c1. The number of alkyl halides is 3. The van der Waals surface area contributed by atoms with E-state index in [4.69, 9.17) is 17.3 Å². The van der Waals surface area contributed by atoms with Gasteiger partial charge in [0.1, 0.15) is 11.5 Å². The van der Waals surface area contributed by atoms with Crippen LogP contribution in [0.3, 0.4) is 0 Å². The first-order chi connectivity index (χ1) is 14.1. The smallest absolute Gasteiger partial charge is 0.399 e. The lowest BCUT2D eigenvalue weighted by Crippen LogP contribution is -2.15. The van der Waals surface area contributed by atoms with Crippen LogP contribution in [-0.2, 0) is 11.0 Å². The molecule has 0 aliphatic carbocycles. The highest BCUT2D eigenvalue weighted by atomic mass is 35.5. The van der Waals surface area contributed by atoms with Crippen LogP contribution in [0.15, 0.2) is 53.7 Å². The van der Waals surface area contributed by atoms with E-state index in [2.05, 4.69) is 15.3 Å². The van der Waals surface area contributed by atoms with Crippen molar-refractivity contribution in [2.45, 2.75) is 11.3 Å². The zero-order chi connectivity index (χ0) is 21.9. The number of aromatic nitrogens is 2. The van der Waals surface area contributed by atoms with E-state index in [1.807, 2.05) is 0 Å². The molecule has 2 aromatic carbocycles. The average Bonchev–Trinajstić information content (AvgIpc) is 2.68. The standard InChI is InChI=1S/C19H13ClF4N4OS/c20-13-7-12(25)5-6-14(13)26-17(29)9-30-18-27-15(8-16(28-18)19(22,23)24)10-1-3-11(21)4-2-10/h1-8H,9,25H2,(H,26,29). The lowest BCUT2D eigenvalue weighted by atomic mass is 10.1. The first kappa shape index (κ1) is 21.8. The van der Waals surface area contributed by atoms with Gasteiger partial charge in [-0.25, -0.2) is 14.4 Å². The number of carbonyl (C=O) groups excluding carboxylic acids is 1. The summed E-state index contributed by atoms with van der Waals surface area (Å²) in [5, 5.41) is 2.52. The second kappa shape index (κ2) is 8.88. The van der Waals surface area contributed by atoms with E-state index >= 15 is 0 Å². The first-order valence-corrected chi connectivity index (χ1v) is 9.68. The van der Waals surface area contributed by atoms with Gasteiger partial charge in [-0.3, -0.25) is 4.79 Å². The van der Waals surface area contributed by atoms with Crippen LogP contribution in [0.1, 0.15) is 5.69 Å². The zero-order valence-electron chi connectivity index (χ0n) is 15.0. The molecule has 1 amide bonds. The highest BCUT2D eigenvalue weighted by Gasteiger charge is 2.34. The van der Waals surface area contributed by atoms with Gasteiger partial charge in [-0.05, 0) is 48.5 Å². The number of carbonyl (C=O) groups is 1. The number of benzene rings is 2. The number of nitrogen functional groups attached to an aromatic ring is 1. The summed E-state index contributed by atoms with van der Waals surface area (Å²) < 4.78 is 52.8. The molecule has 1 aromatic heterocycles. The Morgan fingerprint density at radius 3 is 2.43 bits per heavy atom. The second-order valence-corrected chi connectivity index (χ2v) is 7.35. The molecule has 0 radical (unpaired) electrons. The Kier molecular flexibility index (Phi) is 6.47. The molecule has 0 spiro atoms. The van der Waals surface area contributed by atoms with Crippen LogP contribution in [0.2, 0.25) is 5.02 Å². The highest BCUT2D eigenvalue weighted by Crippen LogP contribution is 2.32. The van der Waals surface area contributed by atoms with E-state index in [-0.39, 0.29) is 27.2 Å². The summed E-state index contributed by atoms with van der Waals surface area (Å²) in [5.74, 6) is -1.31. The van der Waals surface area contributed by atoms with E-state index in [1.165, 1.54) is 24.3 Å². The molecule has 1 heterocycles. The van der Waals surface area contributed by atoms with Crippen LogP contribution in [0.4, 0.5) is 28.9 Å². The topological polar surface area (TPSA) is 80.9 Å². The summed E-state index contributed by atoms with van der Waals surface area (Å²) in [5.41, 5.74) is 5.39. The zero-order valence-corrected chi connectivity index (χ0v) is 16.6. The van der Waals surface area contributed by atoms with Crippen molar-refractivity contribution in [1.29, 1.82) is 0 Å². The van der Waals surface area contributed by atoms with Gasteiger partial charge in [0.25, 0.3) is 0 Å². The minimum atomic E-state index is -4.72. The van der Waals surface area contributed by atoms with Crippen LogP contribution >= 0.6 is 23.4 Å². The molecule has 3 rings (SSSR count). The summed E-state index contributed by atoms with van der Waals surface area (Å²) in [6.07, 6.45) is -4.72. The van der Waals surface area contributed by atoms with Crippen molar-refractivity contribution < 1.29 is 22.4 Å². The second-order valence-electron chi connectivity index (χ2n) is 6.00. The summed E-state index contributed by atoms with van der Waals surface area (Å²) in [4.78, 5) is 19.7.